The summed E-state index contributed by atoms with van der Waals surface area (Å²) < 4.78 is 6.12. The van der Waals surface area contributed by atoms with E-state index >= 15 is 0 Å². The minimum Gasteiger partial charge on any atom is -0.493 e. The number of carbonyl (C=O) groups is 1. The number of amides is 1. The van der Waals surface area contributed by atoms with Crippen LogP contribution in [-0.4, -0.2) is 71.5 Å². The van der Waals surface area contributed by atoms with E-state index in [1.54, 1.807) is 0 Å². The molecule has 2 saturated heterocycles. The zero-order valence-corrected chi connectivity index (χ0v) is 21.0. The van der Waals surface area contributed by atoms with Crippen molar-refractivity contribution in [1.82, 2.24) is 19.7 Å². The molecule has 7 heteroatoms. The Morgan fingerprint density at radius 1 is 0.943 bits per heavy atom. The minimum absolute atomic E-state index is 0.159. The van der Waals surface area contributed by atoms with E-state index in [0.717, 1.165) is 75.8 Å². The molecule has 0 spiro atoms. The van der Waals surface area contributed by atoms with E-state index in [1.165, 1.54) is 22.5 Å². The van der Waals surface area contributed by atoms with Crippen molar-refractivity contribution >= 4 is 17.2 Å². The lowest BCUT2D eigenvalue weighted by Gasteiger charge is -2.34. The second kappa shape index (κ2) is 11.8. The lowest BCUT2D eigenvalue weighted by Crippen LogP contribution is -2.45. The maximum Gasteiger partial charge on any atom is 0.263 e. The van der Waals surface area contributed by atoms with Crippen LogP contribution in [0.4, 0.5) is 0 Å². The first kappa shape index (κ1) is 24.0. The highest BCUT2D eigenvalue weighted by molar-refractivity contribution is 7.12. The summed E-state index contributed by atoms with van der Waals surface area (Å²) in [5.41, 5.74) is 2.61. The molecule has 0 N–H and O–H groups in total. The van der Waals surface area contributed by atoms with Crippen LogP contribution in [0.25, 0.3) is 0 Å². The number of pyridine rings is 1. The number of benzene rings is 1. The normalized spacial score (nSPS) is 19.5. The van der Waals surface area contributed by atoms with Crippen LogP contribution in [-0.2, 0) is 13.1 Å². The van der Waals surface area contributed by atoms with Gasteiger partial charge in [0.1, 0.15) is 5.75 Å². The molecule has 4 heterocycles. The highest BCUT2D eigenvalue weighted by atomic mass is 32.1. The number of nitrogens with zero attached hydrogens (tertiary/aromatic N) is 4. The van der Waals surface area contributed by atoms with Crippen LogP contribution in [0.3, 0.4) is 0 Å². The molecule has 184 valence electrons. The largest absolute Gasteiger partial charge is 0.493 e. The van der Waals surface area contributed by atoms with Crippen LogP contribution in [0.2, 0.25) is 0 Å². The fourth-order valence-electron chi connectivity index (χ4n) is 4.96. The SMILES string of the molecule is O=C(c1cccs1)N1CCC[C@@H](COc2ccc(CN3CCN(Cc4cccnc4)CC3)cc2)C1. The van der Waals surface area contributed by atoms with Gasteiger partial charge in [-0.25, -0.2) is 0 Å². The number of hydrogen-bond acceptors (Lipinski definition) is 6. The topological polar surface area (TPSA) is 48.9 Å². The molecule has 2 aliphatic rings. The monoisotopic (exact) mass is 490 g/mol. The van der Waals surface area contributed by atoms with E-state index in [2.05, 4.69) is 45.1 Å². The summed E-state index contributed by atoms with van der Waals surface area (Å²) in [7, 11) is 0. The summed E-state index contributed by atoms with van der Waals surface area (Å²) in [5, 5.41) is 1.96. The summed E-state index contributed by atoms with van der Waals surface area (Å²) in [4.78, 5) is 24.7. The van der Waals surface area contributed by atoms with Gasteiger partial charge in [-0.2, -0.15) is 0 Å². The molecule has 1 amide bonds. The highest BCUT2D eigenvalue weighted by Crippen LogP contribution is 2.22. The molecule has 3 aromatic rings. The van der Waals surface area contributed by atoms with Gasteiger partial charge in [0.15, 0.2) is 0 Å². The Morgan fingerprint density at radius 3 is 2.40 bits per heavy atom. The second-order valence-electron chi connectivity index (χ2n) is 9.61. The van der Waals surface area contributed by atoms with Crippen molar-refractivity contribution in [1.29, 1.82) is 0 Å². The van der Waals surface area contributed by atoms with Crippen molar-refractivity contribution in [3.8, 4) is 5.75 Å². The summed E-state index contributed by atoms with van der Waals surface area (Å²) in [6.07, 6.45) is 5.94. The van der Waals surface area contributed by atoms with Crippen molar-refractivity contribution in [3.05, 3.63) is 82.3 Å². The van der Waals surface area contributed by atoms with E-state index in [1.807, 2.05) is 40.9 Å². The Kier molecular flexibility index (Phi) is 8.08. The third-order valence-electron chi connectivity index (χ3n) is 6.95. The third-order valence-corrected chi connectivity index (χ3v) is 7.81. The molecule has 0 radical (unpaired) electrons. The first-order chi connectivity index (χ1) is 17.2. The second-order valence-corrected chi connectivity index (χ2v) is 10.6. The fourth-order valence-corrected chi connectivity index (χ4v) is 5.65. The fraction of sp³-hybridized carbons (Fsp3) is 0.429. The van der Waals surface area contributed by atoms with Crippen LogP contribution >= 0.6 is 11.3 Å². The molecule has 0 unspecified atom stereocenters. The quantitative estimate of drug-likeness (QED) is 0.469. The van der Waals surface area contributed by atoms with Gasteiger partial charge in [0, 0.05) is 70.7 Å². The van der Waals surface area contributed by atoms with Crippen LogP contribution in [0, 0.1) is 5.92 Å². The van der Waals surface area contributed by atoms with Crippen LogP contribution in [0.1, 0.15) is 33.6 Å². The maximum atomic E-state index is 12.7. The first-order valence-corrected chi connectivity index (χ1v) is 13.5. The summed E-state index contributed by atoms with van der Waals surface area (Å²) in [5.74, 6) is 1.46. The van der Waals surface area contributed by atoms with Crippen molar-refractivity contribution in [2.75, 3.05) is 45.9 Å². The Bertz CT molecular complexity index is 1050. The highest BCUT2D eigenvalue weighted by Gasteiger charge is 2.25. The number of thiophene rings is 1. The molecule has 35 heavy (non-hydrogen) atoms. The van der Waals surface area contributed by atoms with E-state index in [0.29, 0.717) is 12.5 Å². The van der Waals surface area contributed by atoms with Crippen molar-refractivity contribution < 1.29 is 9.53 Å². The van der Waals surface area contributed by atoms with Gasteiger partial charge in [-0.15, -0.1) is 11.3 Å². The predicted octanol–water partition coefficient (Wildman–Crippen LogP) is 4.39. The van der Waals surface area contributed by atoms with E-state index in [4.69, 9.17) is 4.74 Å². The molecule has 5 rings (SSSR count). The molecule has 1 atom stereocenters. The van der Waals surface area contributed by atoms with E-state index in [-0.39, 0.29) is 5.91 Å². The number of carbonyl (C=O) groups excluding carboxylic acids is 1. The molecule has 6 nitrogen and oxygen atoms in total. The van der Waals surface area contributed by atoms with Gasteiger partial charge in [0.25, 0.3) is 5.91 Å². The Morgan fingerprint density at radius 2 is 1.71 bits per heavy atom. The molecular weight excluding hydrogens is 456 g/mol. The smallest absolute Gasteiger partial charge is 0.263 e. The molecule has 2 fully saturated rings. The molecule has 0 bridgehead atoms. The van der Waals surface area contributed by atoms with Gasteiger partial charge in [-0.1, -0.05) is 24.3 Å². The van der Waals surface area contributed by atoms with Gasteiger partial charge >= 0.3 is 0 Å². The lowest BCUT2D eigenvalue weighted by molar-refractivity contribution is 0.0638. The van der Waals surface area contributed by atoms with Crippen molar-refractivity contribution in [2.24, 2.45) is 5.92 Å². The average Bonchev–Trinajstić information content (AvgIpc) is 3.45. The summed E-state index contributed by atoms with van der Waals surface area (Å²) in [6.45, 7) is 8.58. The Hall–Kier alpha value is -2.74. The van der Waals surface area contributed by atoms with Gasteiger partial charge < -0.3 is 9.64 Å². The van der Waals surface area contributed by atoms with Crippen LogP contribution < -0.4 is 4.74 Å². The van der Waals surface area contributed by atoms with Crippen molar-refractivity contribution in [3.63, 3.8) is 0 Å². The third kappa shape index (κ3) is 6.69. The predicted molar refractivity (Wildman–Crippen MR) is 140 cm³/mol. The molecular formula is C28H34N4O2S. The molecule has 2 aromatic heterocycles. The average molecular weight is 491 g/mol. The Labute approximate surface area is 212 Å². The van der Waals surface area contributed by atoms with Gasteiger partial charge in [0.2, 0.25) is 0 Å². The zero-order chi connectivity index (χ0) is 23.9. The minimum atomic E-state index is 0.159. The maximum absolute atomic E-state index is 12.7. The molecule has 0 saturated carbocycles. The van der Waals surface area contributed by atoms with Crippen LogP contribution in [0.15, 0.2) is 66.3 Å². The van der Waals surface area contributed by atoms with Gasteiger partial charge in [0.05, 0.1) is 11.5 Å². The number of hydrogen-bond donors (Lipinski definition) is 0. The number of piperazine rings is 1. The number of likely N-dealkylation sites (tertiary alicyclic amines) is 1. The zero-order valence-electron chi connectivity index (χ0n) is 20.2. The lowest BCUT2D eigenvalue weighted by atomic mass is 9.99. The molecule has 0 aliphatic carbocycles. The number of aromatic nitrogens is 1. The van der Waals surface area contributed by atoms with E-state index in [9.17, 15) is 4.79 Å². The van der Waals surface area contributed by atoms with Gasteiger partial charge in [-0.05, 0) is 53.6 Å². The standard InChI is InChI=1S/C28H34N4O2S/c33-28(27-6-3-17-35-27)32-12-2-5-25(21-32)22-34-26-9-7-23(8-10-26)19-30-13-15-31(16-14-30)20-24-4-1-11-29-18-24/h1,3-4,6-11,17-18,25H,2,5,12-16,19-22H2/t25-/m1/s1. The number of rotatable bonds is 8. The summed E-state index contributed by atoms with van der Waals surface area (Å²) in [6, 6.07) is 16.6. The van der Waals surface area contributed by atoms with Gasteiger partial charge in [-0.3, -0.25) is 19.6 Å². The molecule has 1 aromatic carbocycles. The Balaban J connectivity index is 1.04. The number of ether oxygens (including phenoxy) is 1. The number of piperidine rings is 1. The summed E-state index contributed by atoms with van der Waals surface area (Å²) >= 11 is 1.52. The van der Waals surface area contributed by atoms with Crippen molar-refractivity contribution in [2.45, 2.75) is 25.9 Å². The van der Waals surface area contributed by atoms with Crippen LogP contribution in [0.5, 0.6) is 5.75 Å². The van der Waals surface area contributed by atoms with E-state index < -0.39 is 0 Å². The first-order valence-electron chi connectivity index (χ1n) is 12.6. The molecule has 2 aliphatic heterocycles.